The van der Waals surface area contributed by atoms with Crippen molar-refractivity contribution in [2.45, 2.75) is 35.7 Å². The Labute approximate surface area is 218 Å². The van der Waals surface area contributed by atoms with Gasteiger partial charge >= 0.3 is 0 Å². The monoisotopic (exact) mass is 518 g/mol. The van der Waals surface area contributed by atoms with Crippen molar-refractivity contribution in [2.24, 2.45) is 0 Å². The lowest BCUT2D eigenvalue weighted by Gasteiger charge is -2.23. The number of para-hydroxylation sites is 2. The molecule has 1 amide bonds. The number of nitrogens with zero attached hydrogens (tertiary/aromatic N) is 1. The smallest absolute Gasteiger partial charge is 0.237 e. The maximum atomic E-state index is 13.4. The number of hydrogen-bond donors (Lipinski definition) is 1. The average Bonchev–Trinajstić information content (AvgIpc) is 3.32. The average molecular weight is 519 g/mol. The second-order valence-electron chi connectivity index (χ2n) is 8.99. The van der Waals surface area contributed by atoms with E-state index >= 15 is 0 Å². The molecule has 2 atom stereocenters. The number of fused-ring (bicyclic) bond motifs is 1. The molecule has 3 aromatic carbocycles. The van der Waals surface area contributed by atoms with Crippen LogP contribution in [0.5, 0.6) is 5.75 Å². The summed E-state index contributed by atoms with van der Waals surface area (Å²) >= 11 is 1.61. The van der Waals surface area contributed by atoms with E-state index < -0.39 is 6.04 Å². The fourth-order valence-electron chi connectivity index (χ4n) is 4.70. The van der Waals surface area contributed by atoms with Gasteiger partial charge in [-0.3, -0.25) is 14.5 Å². The number of benzene rings is 3. The zero-order valence-corrected chi connectivity index (χ0v) is 21.2. The molecule has 0 spiro atoms. The molecule has 1 saturated heterocycles. The fraction of sp³-hybridized carbons (Fsp3) is 0.241. The molecule has 0 aliphatic carbocycles. The molecule has 1 N–H and O–H groups in total. The molecule has 0 radical (unpaired) electrons. The van der Waals surface area contributed by atoms with Gasteiger partial charge in [0.2, 0.25) is 5.91 Å². The first-order chi connectivity index (χ1) is 18.0. The van der Waals surface area contributed by atoms with Gasteiger partial charge in [0.1, 0.15) is 17.1 Å². The molecular formula is C29H27FN2O4S. The summed E-state index contributed by atoms with van der Waals surface area (Å²) in [6.45, 7) is 1.22. The van der Waals surface area contributed by atoms with Crippen LogP contribution in [0.4, 0.5) is 4.39 Å². The zero-order valence-electron chi connectivity index (χ0n) is 20.4. The molecule has 8 heteroatoms. The van der Waals surface area contributed by atoms with Crippen LogP contribution >= 0.6 is 11.8 Å². The van der Waals surface area contributed by atoms with Gasteiger partial charge in [-0.15, -0.1) is 11.8 Å². The zero-order chi connectivity index (χ0) is 25.8. The Hall–Kier alpha value is -3.62. The highest BCUT2D eigenvalue weighted by Crippen LogP contribution is 2.34. The number of amides is 1. The van der Waals surface area contributed by atoms with Crippen molar-refractivity contribution in [1.82, 2.24) is 10.2 Å². The number of nitrogens with one attached hydrogen (secondary N) is 1. The minimum Gasteiger partial charge on any atom is -0.496 e. The van der Waals surface area contributed by atoms with Crippen molar-refractivity contribution in [1.29, 1.82) is 0 Å². The summed E-state index contributed by atoms with van der Waals surface area (Å²) in [6, 6.07) is 20.6. The van der Waals surface area contributed by atoms with E-state index in [1.807, 2.05) is 41.3 Å². The highest BCUT2D eigenvalue weighted by atomic mass is 32.2. The third kappa shape index (κ3) is 5.70. The normalized spacial score (nSPS) is 17.7. The molecule has 1 aliphatic rings. The van der Waals surface area contributed by atoms with Crippen LogP contribution in [0.2, 0.25) is 0 Å². The standard InChI is InChI=1S/C29H27FN2O4S/c1-35-26-8-4-2-6-19(26)15-31-29(34)25-14-23(37-22-12-10-21(30)11-13-22)17-32(25)16-20-18-36-27-9-5-3-7-24(27)28(20)33/h2-13,18,23,25H,14-17H2,1H3,(H,31,34)/t23-,25+/m1/s1. The number of halogens is 1. The maximum absolute atomic E-state index is 13.4. The predicted octanol–water partition coefficient (Wildman–Crippen LogP) is 4.99. The van der Waals surface area contributed by atoms with E-state index in [1.165, 1.54) is 18.4 Å². The third-order valence-electron chi connectivity index (χ3n) is 6.55. The van der Waals surface area contributed by atoms with Crippen molar-refractivity contribution in [3.8, 4) is 5.75 Å². The van der Waals surface area contributed by atoms with Crippen molar-refractivity contribution in [3.63, 3.8) is 0 Å². The lowest BCUT2D eigenvalue weighted by atomic mass is 10.1. The van der Waals surface area contributed by atoms with Gasteiger partial charge in [-0.2, -0.15) is 0 Å². The van der Waals surface area contributed by atoms with E-state index in [4.69, 9.17) is 9.15 Å². The molecule has 1 fully saturated rings. The Kier molecular flexibility index (Phi) is 7.58. The van der Waals surface area contributed by atoms with E-state index in [0.29, 0.717) is 48.3 Å². The van der Waals surface area contributed by atoms with Crippen LogP contribution < -0.4 is 15.5 Å². The Balaban J connectivity index is 1.36. The quantitative estimate of drug-likeness (QED) is 0.354. The number of ether oxygens (including phenoxy) is 1. The molecular weight excluding hydrogens is 491 g/mol. The van der Waals surface area contributed by atoms with Gasteiger partial charge in [-0.1, -0.05) is 30.3 Å². The molecule has 5 rings (SSSR count). The largest absolute Gasteiger partial charge is 0.496 e. The molecule has 6 nitrogen and oxygen atoms in total. The van der Waals surface area contributed by atoms with Crippen LogP contribution in [0.15, 0.2) is 93.2 Å². The van der Waals surface area contributed by atoms with Crippen molar-refractivity contribution in [2.75, 3.05) is 13.7 Å². The summed E-state index contributed by atoms with van der Waals surface area (Å²) in [7, 11) is 1.60. The van der Waals surface area contributed by atoms with Gasteiger partial charge in [0.25, 0.3) is 0 Å². The second kappa shape index (κ2) is 11.2. The van der Waals surface area contributed by atoms with Crippen LogP contribution in [0.3, 0.4) is 0 Å². The fourth-order valence-corrected chi connectivity index (χ4v) is 5.92. The minimum absolute atomic E-state index is 0.0929. The van der Waals surface area contributed by atoms with Gasteiger partial charge < -0.3 is 14.5 Å². The maximum Gasteiger partial charge on any atom is 0.237 e. The molecule has 4 aromatic rings. The first-order valence-corrected chi connectivity index (χ1v) is 12.9. The van der Waals surface area contributed by atoms with Gasteiger partial charge in [0, 0.05) is 40.9 Å². The Morgan fingerprint density at radius 1 is 1.08 bits per heavy atom. The highest BCUT2D eigenvalue weighted by Gasteiger charge is 2.37. The number of carbonyl (C=O) groups is 1. The number of likely N-dealkylation sites (tertiary alicyclic amines) is 1. The lowest BCUT2D eigenvalue weighted by molar-refractivity contribution is -0.125. The van der Waals surface area contributed by atoms with Crippen LogP contribution in [0.1, 0.15) is 17.5 Å². The first-order valence-electron chi connectivity index (χ1n) is 12.1. The van der Waals surface area contributed by atoms with E-state index in [2.05, 4.69) is 5.32 Å². The number of methoxy groups -OCH3 is 1. The molecule has 0 saturated carbocycles. The molecule has 0 bridgehead atoms. The molecule has 0 unspecified atom stereocenters. The highest BCUT2D eigenvalue weighted by molar-refractivity contribution is 8.00. The first kappa shape index (κ1) is 25.0. The van der Waals surface area contributed by atoms with Crippen LogP contribution in [-0.4, -0.2) is 35.8 Å². The molecule has 190 valence electrons. The minimum atomic E-state index is -0.432. The van der Waals surface area contributed by atoms with Crippen molar-refractivity contribution in [3.05, 3.63) is 106 Å². The molecule has 37 heavy (non-hydrogen) atoms. The Bertz CT molecular complexity index is 1460. The van der Waals surface area contributed by atoms with E-state index in [-0.39, 0.29) is 22.4 Å². The van der Waals surface area contributed by atoms with E-state index in [0.717, 1.165) is 10.5 Å². The number of rotatable bonds is 8. The van der Waals surface area contributed by atoms with E-state index in [1.54, 1.807) is 43.1 Å². The van der Waals surface area contributed by atoms with Gasteiger partial charge in [-0.25, -0.2) is 4.39 Å². The van der Waals surface area contributed by atoms with Crippen molar-refractivity contribution < 1.29 is 18.3 Å². The Morgan fingerprint density at radius 2 is 1.84 bits per heavy atom. The number of hydrogen-bond acceptors (Lipinski definition) is 6. The molecule has 1 aliphatic heterocycles. The summed E-state index contributed by atoms with van der Waals surface area (Å²) in [5.41, 5.74) is 1.84. The molecule has 2 heterocycles. The van der Waals surface area contributed by atoms with Gasteiger partial charge in [0.15, 0.2) is 5.43 Å². The summed E-state index contributed by atoms with van der Waals surface area (Å²) in [5.74, 6) is 0.317. The number of thioether (sulfide) groups is 1. The predicted molar refractivity (Wildman–Crippen MR) is 142 cm³/mol. The van der Waals surface area contributed by atoms with Gasteiger partial charge in [0.05, 0.1) is 24.8 Å². The Morgan fingerprint density at radius 3 is 2.65 bits per heavy atom. The van der Waals surface area contributed by atoms with Crippen LogP contribution in [0.25, 0.3) is 11.0 Å². The van der Waals surface area contributed by atoms with Crippen LogP contribution in [-0.2, 0) is 17.9 Å². The summed E-state index contributed by atoms with van der Waals surface area (Å²) in [6.07, 6.45) is 2.09. The molecule has 1 aromatic heterocycles. The summed E-state index contributed by atoms with van der Waals surface area (Å²) < 4.78 is 24.5. The third-order valence-corrected chi connectivity index (χ3v) is 7.77. The van der Waals surface area contributed by atoms with E-state index in [9.17, 15) is 14.0 Å². The van der Waals surface area contributed by atoms with Crippen LogP contribution in [0, 0.1) is 5.82 Å². The summed E-state index contributed by atoms with van der Waals surface area (Å²) in [4.78, 5) is 29.5. The summed E-state index contributed by atoms with van der Waals surface area (Å²) in [5, 5.41) is 3.67. The lowest BCUT2D eigenvalue weighted by Crippen LogP contribution is -2.43. The van der Waals surface area contributed by atoms with Crippen molar-refractivity contribution >= 4 is 28.6 Å². The van der Waals surface area contributed by atoms with Gasteiger partial charge in [-0.05, 0) is 48.9 Å². The second-order valence-corrected chi connectivity index (χ2v) is 10.4. The SMILES string of the molecule is COc1ccccc1CNC(=O)[C@@H]1C[C@@H](Sc2ccc(F)cc2)CN1Cc1coc2ccccc2c1=O. The number of carbonyl (C=O) groups excluding carboxylic acids is 1. The topological polar surface area (TPSA) is 71.8 Å².